The summed E-state index contributed by atoms with van der Waals surface area (Å²) in [7, 11) is 0. The standard InChI is InChI=1S/C18H17N/c1-2-13-9-11-14(12-10-13)15-5-3-7-17-16(15)6-4-8-18(17)19/h3-12H,2,19H2,1H3. The summed E-state index contributed by atoms with van der Waals surface area (Å²) in [5.74, 6) is 0. The summed E-state index contributed by atoms with van der Waals surface area (Å²) < 4.78 is 0. The number of nitrogens with two attached hydrogens (primary N) is 1. The molecular weight excluding hydrogens is 230 g/mol. The average molecular weight is 247 g/mol. The van der Waals surface area contributed by atoms with Crippen LogP contribution in [0.3, 0.4) is 0 Å². The number of benzene rings is 3. The number of rotatable bonds is 2. The molecule has 3 aromatic carbocycles. The Labute approximate surface area is 113 Å². The van der Waals surface area contributed by atoms with Crippen LogP contribution in [0.5, 0.6) is 0 Å². The van der Waals surface area contributed by atoms with E-state index in [1.807, 2.05) is 12.1 Å². The van der Waals surface area contributed by atoms with Gasteiger partial charge in [-0.2, -0.15) is 0 Å². The Morgan fingerprint density at radius 2 is 1.47 bits per heavy atom. The van der Waals surface area contributed by atoms with Crippen molar-refractivity contribution in [3.8, 4) is 11.1 Å². The van der Waals surface area contributed by atoms with E-state index in [2.05, 4.69) is 55.5 Å². The fourth-order valence-corrected chi connectivity index (χ4v) is 2.51. The first kappa shape index (κ1) is 11.8. The largest absolute Gasteiger partial charge is 0.398 e. The molecule has 0 aliphatic heterocycles. The van der Waals surface area contributed by atoms with Crippen LogP contribution in [-0.2, 0) is 6.42 Å². The van der Waals surface area contributed by atoms with Crippen molar-refractivity contribution in [2.45, 2.75) is 13.3 Å². The molecule has 0 spiro atoms. The third-order valence-electron chi connectivity index (χ3n) is 3.63. The summed E-state index contributed by atoms with van der Waals surface area (Å²) in [5, 5.41) is 2.34. The van der Waals surface area contributed by atoms with E-state index in [1.165, 1.54) is 22.1 Å². The molecule has 0 atom stereocenters. The van der Waals surface area contributed by atoms with E-state index in [0.29, 0.717) is 0 Å². The van der Waals surface area contributed by atoms with Crippen molar-refractivity contribution in [3.05, 3.63) is 66.2 Å². The van der Waals surface area contributed by atoms with Crippen molar-refractivity contribution in [1.29, 1.82) is 0 Å². The van der Waals surface area contributed by atoms with Crippen LogP contribution in [0.1, 0.15) is 12.5 Å². The minimum atomic E-state index is 0.838. The lowest BCUT2D eigenvalue weighted by Crippen LogP contribution is -1.88. The quantitative estimate of drug-likeness (QED) is 0.655. The van der Waals surface area contributed by atoms with Crippen LogP contribution in [0.2, 0.25) is 0 Å². The van der Waals surface area contributed by atoms with Crippen LogP contribution in [0.25, 0.3) is 21.9 Å². The van der Waals surface area contributed by atoms with E-state index in [9.17, 15) is 0 Å². The molecule has 0 saturated carbocycles. The zero-order valence-electron chi connectivity index (χ0n) is 11.1. The van der Waals surface area contributed by atoms with Crippen LogP contribution >= 0.6 is 0 Å². The molecule has 0 unspecified atom stereocenters. The number of hydrogen-bond donors (Lipinski definition) is 1. The molecule has 0 heterocycles. The highest BCUT2D eigenvalue weighted by molar-refractivity contribution is 6.02. The molecule has 0 fully saturated rings. The lowest BCUT2D eigenvalue weighted by molar-refractivity contribution is 1.14. The molecule has 1 nitrogen and oxygen atoms in total. The van der Waals surface area contributed by atoms with E-state index in [-0.39, 0.29) is 0 Å². The number of anilines is 1. The van der Waals surface area contributed by atoms with Gasteiger partial charge in [-0.3, -0.25) is 0 Å². The Balaban J connectivity index is 2.21. The van der Waals surface area contributed by atoms with Gasteiger partial charge >= 0.3 is 0 Å². The minimum Gasteiger partial charge on any atom is -0.398 e. The van der Waals surface area contributed by atoms with Gasteiger partial charge in [0.2, 0.25) is 0 Å². The maximum Gasteiger partial charge on any atom is 0.0393 e. The van der Waals surface area contributed by atoms with Gasteiger partial charge in [0, 0.05) is 11.1 Å². The first-order valence-electron chi connectivity index (χ1n) is 6.66. The highest BCUT2D eigenvalue weighted by atomic mass is 14.5. The van der Waals surface area contributed by atoms with Crippen molar-refractivity contribution in [2.24, 2.45) is 0 Å². The maximum absolute atomic E-state index is 6.05. The minimum absolute atomic E-state index is 0.838. The van der Waals surface area contributed by atoms with Crippen molar-refractivity contribution in [2.75, 3.05) is 5.73 Å². The van der Waals surface area contributed by atoms with Crippen LogP contribution < -0.4 is 5.73 Å². The van der Waals surface area contributed by atoms with Crippen molar-refractivity contribution in [1.82, 2.24) is 0 Å². The number of aryl methyl sites for hydroxylation is 1. The first-order chi connectivity index (χ1) is 9.29. The SMILES string of the molecule is CCc1ccc(-c2cccc3c(N)cccc23)cc1. The zero-order valence-corrected chi connectivity index (χ0v) is 11.1. The lowest BCUT2D eigenvalue weighted by atomic mass is 9.96. The van der Waals surface area contributed by atoms with Crippen molar-refractivity contribution >= 4 is 16.5 Å². The highest BCUT2D eigenvalue weighted by Crippen LogP contribution is 2.31. The maximum atomic E-state index is 6.05. The second-order valence-electron chi connectivity index (χ2n) is 4.80. The molecule has 3 rings (SSSR count). The van der Waals surface area contributed by atoms with Gasteiger partial charge in [0.15, 0.2) is 0 Å². The molecule has 19 heavy (non-hydrogen) atoms. The monoisotopic (exact) mass is 247 g/mol. The smallest absolute Gasteiger partial charge is 0.0393 e. The average Bonchev–Trinajstić information content (AvgIpc) is 2.47. The summed E-state index contributed by atoms with van der Waals surface area (Å²) in [5.41, 5.74) is 10.7. The van der Waals surface area contributed by atoms with Crippen LogP contribution in [0.4, 0.5) is 5.69 Å². The summed E-state index contributed by atoms with van der Waals surface area (Å²) in [6, 6.07) is 21.2. The predicted molar refractivity (Wildman–Crippen MR) is 83.2 cm³/mol. The molecule has 0 saturated heterocycles. The molecular formula is C18H17N. The topological polar surface area (TPSA) is 26.0 Å². The van der Waals surface area contributed by atoms with Crippen molar-refractivity contribution < 1.29 is 0 Å². The Bertz CT molecular complexity index is 711. The molecule has 0 aliphatic carbocycles. The summed E-state index contributed by atoms with van der Waals surface area (Å²) >= 11 is 0. The van der Waals surface area contributed by atoms with Gasteiger partial charge in [-0.1, -0.05) is 61.5 Å². The van der Waals surface area contributed by atoms with E-state index >= 15 is 0 Å². The Morgan fingerprint density at radius 1 is 0.789 bits per heavy atom. The van der Waals surface area contributed by atoms with E-state index in [1.54, 1.807) is 0 Å². The number of nitrogen functional groups attached to an aromatic ring is 1. The van der Waals surface area contributed by atoms with Gasteiger partial charge in [-0.05, 0) is 34.6 Å². The van der Waals surface area contributed by atoms with E-state index in [0.717, 1.165) is 17.5 Å². The summed E-state index contributed by atoms with van der Waals surface area (Å²) in [6.07, 6.45) is 1.07. The number of fused-ring (bicyclic) bond motifs is 1. The first-order valence-corrected chi connectivity index (χ1v) is 6.66. The van der Waals surface area contributed by atoms with Gasteiger partial charge < -0.3 is 5.73 Å². The Morgan fingerprint density at radius 3 is 2.21 bits per heavy atom. The van der Waals surface area contributed by atoms with Crippen molar-refractivity contribution in [3.63, 3.8) is 0 Å². The lowest BCUT2D eigenvalue weighted by Gasteiger charge is -2.09. The molecule has 0 amide bonds. The van der Waals surface area contributed by atoms with Gasteiger partial charge in [-0.25, -0.2) is 0 Å². The molecule has 0 bridgehead atoms. The van der Waals surface area contributed by atoms with Crippen LogP contribution in [0.15, 0.2) is 60.7 Å². The van der Waals surface area contributed by atoms with E-state index in [4.69, 9.17) is 5.73 Å². The summed E-state index contributed by atoms with van der Waals surface area (Å²) in [4.78, 5) is 0. The molecule has 0 aromatic heterocycles. The molecule has 94 valence electrons. The zero-order chi connectivity index (χ0) is 13.2. The molecule has 3 aromatic rings. The second-order valence-corrected chi connectivity index (χ2v) is 4.80. The third-order valence-corrected chi connectivity index (χ3v) is 3.63. The summed E-state index contributed by atoms with van der Waals surface area (Å²) in [6.45, 7) is 2.17. The van der Waals surface area contributed by atoms with Gasteiger partial charge in [0.05, 0.1) is 0 Å². The number of hydrogen-bond acceptors (Lipinski definition) is 1. The second kappa shape index (κ2) is 4.77. The van der Waals surface area contributed by atoms with Gasteiger partial charge in [0.25, 0.3) is 0 Å². The molecule has 1 heteroatoms. The Kier molecular flexibility index (Phi) is 2.96. The van der Waals surface area contributed by atoms with E-state index < -0.39 is 0 Å². The van der Waals surface area contributed by atoms with Gasteiger partial charge in [-0.15, -0.1) is 0 Å². The highest BCUT2D eigenvalue weighted by Gasteiger charge is 2.05. The third kappa shape index (κ3) is 2.08. The predicted octanol–water partition coefficient (Wildman–Crippen LogP) is 4.65. The van der Waals surface area contributed by atoms with Gasteiger partial charge in [0.1, 0.15) is 0 Å². The fourth-order valence-electron chi connectivity index (χ4n) is 2.51. The Hall–Kier alpha value is -2.28. The van der Waals surface area contributed by atoms with Crippen LogP contribution in [0, 0.1) is 0 Å². The molecule has 2 N–H and O–H groups in total. The van der Waals surface area contributed by atoms with Crippen LogP contribution in [-0.4, -0.2) is 0 Å². The normalized spacial score (nSPS) is 10.8. The fraction of sp³-hybridized carbons (Fsp3) is 0.111. The molecule has 0 aliphatic rings. The molecule has 0 radical (unpaired) electrons.